The molecule has 1 aliphatic heterocycles. The molecule has 30 heavy (non-hydrogen) atoms. The molecule has 0 aromatic heterocycles. The van der Waals surface area contributed by atoms with Crippen molar-refractivity contribution in [1.82, 2.24) is 10.6 Å². The Morgan fingerprint density at radius 2 is 2.00 bits per heavy atom. The number of nitro benzene ring substituents is 1. The molecule has 8 heteroatoms. The summed E-state index contributed by atoms with van der Waals surface area (Å²) < 4.78 is 5.46. The van der Waals surface area contributed by atoms with Gasteiger partial charge in [-0.3, -0.25) is 10.1 Å². The third kappa shape index (κ3) is 6.94. The Labute approximate surface area is 194 Å². The minimum Gasteiger partial charge on any atom is -0.381 e. The maximum atomic E-state index is 10.8. The largest absolute Gasteiger partial charge is 0.381 e. The second kappa shape index (κ2) is 11.8. The van der Waals surface area contributed by atoms with E-state index in [0.29, 0.717) is 12.5 Å². The molecule has 0 radical (unpaired) electrons. The Morgan fingerprint density at radius 1 is 1.27 bits per heavy atom. The second-order valence-electron chi connectivity index (χ2n) is 7.42. The lowest BCUT2D eigenvalue weighted by molar-refractivity contribution is -0.384. The molecule has 2 unspecified atom stereocenters. The standard InChI is InChI=1S/C22H28N4O3.HI/c1-16-5-3-4-6-21(16)17(2)25-22(24-14-19-11-12-29-15-19)23-13-18-7-9-20(10-8-18)26(27)28;/h3-10,17,19H,11-15H2,1-2H3,(H2,23,24,25);1H. The van der Waals surface area contributed by atoms with E-state index in [1.165, 1.54) is 23.3 Å². The highest BCUT2D eigenvalue weighted by atomic mass is 127. The van der Waals surface area contributed by atoms with Gasteiger partial charge in [0, 0.05) is 31.2 Å². The van der Waals surface area contributed by atoms with Crippen molar-refractivity contribution in [2.24, 2.45) is 10.9 Å². The van der Waals surface area contributed by atoms with Crippen LogP contribution in [0.2, 0.25) is 0 Å². The number of nitro groups is 1. The van der Waals surface area contributed by atoms with Crippen LogP contribution in [0.5, 0.6) is 0 Å². The fourth-order valence-electron chi connectivity index (χ4n) is 3.39. The van der Waals surface area contributed by atoms with Crippen molar-refractivity contribution >= 4 is 35.6 Å². The van der Waals surface area contributed by atoms with Crippen molar-refractivity contribution in [2.75, 3.05) is 19.8 Å². The molecule has 3 rings (SSSR count). The summed E-state index contributed by atoms with van der Waals surface area (Å²) in [6.45, 7) is 7.04. The number of hydrogen-bond acceptors (Lipinski definition) is 4. The highest BCUT2D eigenvalue weighted by Crippen LogP contribution is 2.17. The fraction of sp³-hybridized carbons (Fsp3) is 0.409. The van der Waals surface area contributed by atoms with Gasteiger partial charge in [-0.15, -0.1) is 24.0 Å². The van der Waals surface area contributed by atoms with E-state index in [2.05, 4.69) is 36.6 Å². The first kappa shape index (κ1) is 24.1. The average Bonchev–Trinajstić information content (AvgIpc) is 3.24. The van der Waals surface area contributed by atoms with Crippen molar-refractivity contribution in [3.8, 4) is 0 Å². The normalized spacial score (nSPS) is 17.1. The maximum Gasteiger partial charge on any atom is 0.269 e. The fourth-order valence-corrected chi connectivity index (χ4v) is 3.39. The van der Waals surface area contributed by atoms with Crippen LogP contribution in [0.4, 0.5) is 5.69 Å². The minimum atomic E-state index is -0.394. The summed E-state index contributed by atoms with van der Waals surface area (Å²) >= 11 is 0. The average molecular weight is 524 g/mol. The summed E-state index contributed by atoms with van der Waals surface area (Å²) in [6.07, 6.45) is 1.05. The van der Waals surface area contributed by atoms with Gasteiger partial charge in [0.1, 0.15) is 0 Å². The van der Waals surface area contributed by atoms with E-state index in [1.54, 1.807) is 12.1 Å². The van der Waals surface area contributed by atoms with E-state index >= 15 is 0 Å². The Morgan fingerprint density at radius 3 is 2.63 bits per heavy atom. The molecule has 1 heterocycles. The van der Waals surface area contributed by atoms with Gasteiger partial charge in [0.15, 0.2) is 5.96 Å². The molecular formula is C22H29IN4O3. The molecular weight excluding hydrogens is 495 g/mol. The van der Waals surface area contributed by atoms with Crippen LogP contribution in [0.25, 0.3) is 0 Å². The lowest BCUT2D eigenvalue weighted by Crippen LogP contribution is -2.41. The summed E-state index contributed by atoms with van der Waals surface area (Å²) in [5.74, 6) is 1.21. The quantitative estimate of drug-likeness (QED) is 0.185. The van der Waals surface area contributed by atoms with Gasteiger partial charge in [-0.25, -0.2) is 4.99 Å². The summed E-state index contributed by atoms with van der Waals surface area (Å²) in [4.78, 5) is 15.1. The van der Waals surface area contributed by atoms with E-state index in [9.17, 15) is 10.1 Å². The van der Waals surface area contributed by atoms with Crippen LogP contribution in [0.3, 0.4) is 0 Å². The molecule has 162 valence electrons. The van der Waals surface area contributed by atoms with Gasteiger partial charge in [-0.1, -0.05) is 36.4 Å². The molecule has 0 saturated carbocycles. The van der Waals surface area contributed by atoms with Crippen molar-refractivity contribution < 1.29 is 9.66 Å². The Kier molecular flexibility index (Phi) is 9.51. The number of hydrogen-bond donors (Lipinski definition) is 2. The van der Waals surface area contributed by atoms with Gasteiger partial charge in [0.2, 0.25) is 0 Å². The number of aryl methyl sites for hydroxylation is 1. The molecule has 2 N–H and O–H groups in total. The third-order valence-electron chi connectivity index (χ3n) is 5.16. The van der Waals surface area contributed by atoms with Crippen LogP contribution in [-0.4, -0.2) is 30.6 Å². The summed E-state index contributed by atoms with van der Waals surface area (Å²) in [5, 5.41) is 17.7. The molecule has 1 saturated heterocycles. The molecule has 2 aromatic rings. The number of non-ortho nitro benzene ring substituents is 1. The highest BCUT2D eigenvalue weighted by molar-refractivity contribution is 14.0. The van der Waals surface area contributed by atoms with Gasteiger partial charge in [0.25, 0.3) is 5.69 Å². The van der Waals surface area contributed by atoms with Crippen molar-refractivity contribution in [1.29, 1.82) is 0 Å². The van der Waals surface area contributed by atoms with Crippen LogP contribution in [-0.2, 0) is 11.3 Å². The molecule has 0 spiro atoms. The Balaban J connectivity index is 0.00000320. The minimum absolute atomic E-state index is 0. The van der Waals surface area contributed by atoms with Gasteiger partial charge in [0.05, 0.1) is 24.1 Å². The lowest BCUT2D eigenvalue weighted by Gasteiger charge is -2.21. The topological polar surface area (TPSA) is 88.8 Å². The van der Waals surface area contributed by atoms with E-state index in [-0.39, 0.29) is 35.7 Å². The zero-order valence-corrected chi connectivity index (χ0v) is 19.7. The number of rotatable bonds is 7. The number of benzene rings is 2. The maximum absolute atomic E-state index is 10.8. The smallest absolute Gasteiger partial charge is 0.269 e. The zero-order valence-electron chi connectivity index (χ0n) is 17.3. The number of ether oxygens (including phenoxy) is 1. The Bertz CT molecular complexity index is 852. The predicted octanol–water partition coefficient (Wildman–Crippen LogP) is 4.35. The van der Waals surface area contributed by atoms with Crippen molar-refractivity contribution in [3.63, 3.8) is 0 Å². The van der Waals surface area contributed by atoms with Crippen LogP contribution in [0, 0.1) is 23.0 Å². The zero-order chi connectivity index (χ0) is 20.6. The van der Waals surface area contributed by atoms with Gasteiger partial charge in [-0.2, -0.15) is 0 Å². The van der Waals surface area contributed by atoms with Crippen LogP contribution in [0.1, 0.15) is 36.1 Å². The summed E-state index contributed by atoms with van der Waals surface area (Å²) in [6, 6.07) is 14.9. The number of nitrogens with one attached hydrogen (secondary N) is 2. The molecule has 0 amide bonds. The molecule has 2 aromatic carbocycles. The highest BCUT2D eigenvalue weighted by Gasteiger charge is 2.17. The predicted molar refractivity (Wildman–Crippen MR) is 129 cm³/mol. The van der Waals surface area contributed by atoms with Gasteiger partial charge >= 0.3 is 0 Å². The van der Waals surface area contributed by atoms with Gasteiger partial charge in [-0.05, 0) is 37.0 Å². The number of aliphatic imine (C=N–C) groups is 1. The number of guanidine groups is 1. The van der Waals surface area contributed by atoms with Crippen LogP contribution < -0.4 is 10.6 Å². The van der Waals surface area contributed by atoms with E-state index in [4.69, 9.17) is 9.73 Å². The summed E-state index contributed by atoms with van der Waals surface area (Å²) in [5.41, 5.74) is 3.46. The van der Waals surface area contributed by atoms with Crippen molar-refractivity contribution in [2.45, 2.75) is 32.9 Å². The SMILES string of the molecule is Cc1ccccc1C(C)NC(=NCc1ccc([N+](=O)[O-])cc1)NCC1CCOC1.I. The Hall–Kier alpha value is -2.20. The third-order valence-corrected chi connectivity index (χ3v) is 5.16. The van der Waals surface area contributed by atoms with E-state index in [1.807, 2.05) is 12.1 Å². The van der Waals surface area contributed by atoms with Crippen LogP contribution in [0.15, 0.2) is 53.5 Å². The monoisotopic (exact) mass is 524 g/mol. The van der Waals surface area contributed by atoms with Crippen molar-refractivity contribution in [3.05, 3.63) is 75.3 Å². The molecule has 1 fully saturated rings. The molecule has 7 nitrogen and oxygen atoms in total. The van der Waals surface area contributed by atoms with Crippen LogP contribution >= 0.6 is 24.0 Å². The van der Waals surface area contributed by atoms with E-state index in [0.717, 1.165) is 37.7 Å². The van der Waals surface area contributed by atoms with E-state index < -0.39 is 4.92 Å². The number of nitrogens with zero attached hydrogens (tertiary/aromatic N) is 2. The molecule has 2 atom stereocenters. The number of halogens is 1. The second-order valence-corrected chi connectivity index (χ2v) is 7.42. The van der Waals surface area contributed by atoms with Gasteiger partial charge < -0.3 is 15.4 Å². The first-order valence-corrected chi connectivity index (χ1v) is 9.94. The summed E-state index contributed by atoms with van der Waals surface area (Å²) in [7, 11) is 0. The first-order chi connectivity index (χ1) is 14.0. The molecule has 0 aliphatic carbocycles. The molecule has 1 aliphatic rings. The first-order valence-electron chi connectivity index (χ1n) is 9.94. The lowest BCUT2D eigenvalue weighted by atomic mass is 10.0. The molecule has 0 bridgehead atoms.